The van der Waals surface area contributed by atoms with Crippen LogP contribution in [0.25, 0.3) is 38.6 Å². The van der Waals surface area contributed by atoms with Gasteiger partial charge in [0.25, 0.3) is 0 Å². The molecule has 6 aromatic rings. The number of nitrogens with zero attached hydrogens (tertiary/aromatic N) is 4. The lowest BCUT2D eigenvalue weighted by Gasteiger charge is -2.31. The number of hydrogen-bond acceptors (Lipinski definition) is 3. The number of halogens is 4. The van der Waals surface area contributed by atoms with Crippen LogP contribution in [0.3, 0.4) is 0 Å². The highest BCUT2D eigenvalue weighted by Crippen LogP contribution is 2.47. The van der Waals surface area contributed by atoms with Crippen molar-refractivity contribution in [3.05, 3.63) is 115 Å². The maximum Gasteiger partial charge on any atom is 0.425 e. The fourth-order valence-electron chi connectivity index (χ4n) is 4.91. The van der Waals surface area contributed by atoms with Gasteiger partial charge in [0.1, 0.15) is 5.82 Å². The predicted octanol–water partition coefficient (Wildman–Crippen LogP) is 6.52. The molecule has 0 saturated carbocycles. The number of fused-ring (bicyclic) bond motifs is 2. The highest BCUT2D eigenvalue weighted by molar-refractivity contribution is 5.90. The van der Waals surface area contributed by atoms with Gasteiger partial charge in [-0.05, 0) is 71.3 Å². The minimum Gasteiger partial charge on any atom is -0.372 e. The molecule has 0 aliphatic rings. The second-order valence-corrected chi connectivity index (χ2v) is 9.14. The molecule has 0 saturated heterocycles. The summed E-state index contributed by atoms with van der Waals surface area (Å²) >= 11 is 0. The Morgan fingerprint density at radius 3 is 2.26 bits per heavy atom. The van der Waals surface area contributed by atoms with Gasteiger partial charge in [-0.15, -0.1) is 0 Å². The molecule has 0 aliphatic carbocycles. The van der Waals surface area contributed by atoms with E-state index in [1.807, 2.05) is 12.1 Å². The minimum absolute atomic E-state index is 0.269. The average molecular weight is 516 g/mol. The lowest BCUT2D eigenvalue weighted by atomic mass is 9.84. The third kappa shape index (κ3) is 3.66. The lowest BCUT2D eigenvalue weighted by Crippen LogP contribution is -2.43. The maximum atomic E-state index is 14.7. The molecule has 1 atom stereocenters. The van der Waals surface area contributed by atoms with Crippen LogP contribution in [0.1, 0.15) is 11.1 Å². The van der Waals surface area contributed by atoms with Crippen LogP contribution in [0.4, 0.5) is 17.6 Å². The van der Waals surface area contributed by atoms with E-state index in [1.54, 1.807) is 42.2 Å². The van der Waals surface area contributed by atoms with Crippen LogP contribution in [0, 0.1) is 5.82 Å². The van der Waals surface area contributed by atoms with Gasteiger partial charge in [0.2, 0.25) is 5.60 Å². The standard InChI is InChI=1S/C29H20F4N4O/c1-36-17-25(24-8-2-19(15-27(24)36)18-10-12-34-13-11-18)28(38,29(31,32)33)21-3-9-26-20(14-21)16-35-37(26)23-6-4-22(30)5-7-23/h2-17,38H,1H3. The number of alkyl halides is 3. The number of aliphatic hydroxyl groups is 1. The second kappa shape index (κ2) is 8.53. The molecule has 0 fully saturated rings. The van der Waals surface area contributed by atoms with Crippen LogP contribution in [0.2, 0.25) is 0 Å². The van der Waals surface area contributed by atoms with E-state index in [9.17, 15) is 22.7 Å². The number of pyridine rings is 1. The van der Waals surface area contributed by atoms with Crippen molar-refractivity contribution in [3.8, 4) is 16.8 Å². The van der Waals surface area contributed by atoms with E-state index in [4.69, 9.17) is 0 Å². The van der Waals surface area contributed by atoms with Crippen molar-refractivity contribution in [1.29, 1.82) is 0 Å². The smallest absolute Gasteiger partial charge is 0.372 e. The van der Waals surface area contributed by atoms with E-state index >= 15 is 0 Å². The summed E-state index contributed by atoms with van der Waals surface area (Å²) in [5.74, 6) is -0.411. The van der Waals surface area contributed by atoms with Gasteiger partial charge < -0.3 is 9.67 Å². The molecule has 0 bridgehead atoms. The van der Waals surface area contributed by atoms with Crippen molar-refractivity contribution in [3.63, 3.8) is 0 Å². The highest BCUT2D eigenvalue weighted by Gasteiger charge is 2.57. The fraction of sp³-hybridized carbons (Fsp3) is 0.103. The zero-order chi connectivity index (χ0) is 26.7. The summed E-state index contributed by atoms with van der Waals surface area (Å²) in [4.78, 5) is 4.01. The van der Waals surface area contributed by atoms with Crippen LogP contribution in [-0.2, 0) is 12.6 Å². The number of rotatable bonds is 4. The van der Waals surface area contributed by atoms with Crippen LogP contribution in [0.15, 0.2) is 97.6 Å². The molecular formula is C29H20F4N4O. The molecule has 9 heteroatoms. The molecule has 0 aliphatic heterocycles. The maximum absolute atomic E-state index is 14.7. The van der Waals surface area contributed by atoms with Crippen LogP contribution >= 0.6 is 0 Å². The highest BCUT2D eigenvalue weighted by atomic mass is 19.4. The van der Waals surface area contributed by atoms with Gasteiger partial charge >= 0.3 is 6.18 Å². The summed E-state index contributed by atoms with van der Waals surface area (Å²) in [7, 11) is 1.65. The van der Waals surface area contributed by atoms with E-state index in [0.717, 1.165) is 11.1 Å². The number of aromatic nitrogens is 4. The Morgan fingerprint density at radius 2 is 1.55 bits per heavy atom. The molecule has 5 nitrogen and oxygen atoms in total. The predicted molar refractivity (Wildman–Crippen MR) is 136 cm³/mol. The number of benzene rings is 3. The summed E-state index contributed by atoms with van der Waals surface area (Å²) < 4.78 is 60.7. The SMILES string of the molecule is Cn1cc(C(O)(c2ccc3c(cnn3-c3ccc(F)cc3)c2)C(F)(F)F)c2ccc(-c3ccncc3)cc21. The topological polar surface area (TPSA) is 55.9 Å². The van der Waals surface area contributed by atoms with Crippen molar-refractivity contribution in [2.24, 2.45) is 7.05 Å². The van der Waals surface area contributed by atoms with Gasteiger partial charge in [-0.1, -0.05) is 18.2 Å². The Balaban J connectivity index is 1.50. The van der Waals surface area contributed by atoms with Crippen molar-refractivity contribution >= 4 is 21.8 Å². The van der Waals surface area contributed by atoms with E-state index in [2.05, 4.69) is 10.1 Å². The molecule has 3 heterocycles. The minimum atomic E-state index is -5.02. The summed E-state index contributed by atoms with van der Waals surface area (Å²) in [6.07, 6.45) is 1.01. The van der Waals surface area contributed by atoms with Gasteiger partial charge in [0.15, 0.2) is 0 Å². The molecule has 0 spiro atoms. The monoisotopic (exact) mass is 516 g/mol. The van der Waals surface area contributed by atoms with E-state index < -0.39 is 17.6 Å². The average Bonchev–Trinajstić information content (AvgIpc) is 3.49. The third-order valence-corrected chi connectivity index (χ3v) is 6.86. The van der Waals surface area contributed by atoms with Crippen molar-refractivity contribution in [2.45, 2.75) is 11.8 Å². The Morgan fingerprint density at radius 1 is 0.816 bits per heavy atom. The number of aryl methyl sites for hydroxylation is 1. The molecule has 6 rings (SSSR count). The van der Waals surface area contributed by atoms with E-state index in [-0.39, 0.29) is 16.5 Å². The molecule has 0 amide bonds. The zero-order valence-electron chi connectivity index (χ0n) is 20.0. The van der Waals surface area contributed by atoms with Crippen LogP contribution in [0.5, 0.6) is 0 Å². The number of hydrogen-bond donors (Lipinski definition) is 1. The summed E-state index contributed by atoms with van der Waals surface area (Å²) in [5, 5.41) is 16.4. The Hall–Kier alpha value is -4.50. The zero-order valence-corrected chi connectivity index (χ0v) is 20.0. The Bertz CT molecular complexity index is 1790. The molecular weight excluding hydrogens is 496 g/mol. The molecule has 38 heavy (non-hydrogen) atoms. The van der Waals surface area contributed by atoms with Crippen LogP contribution < -0.4 is 0 Å². The van der Waals surface area contributed by atoms with Crippen molar-refractivity contribution in [2.75, 3.05) is 0 Å². The summed E-state index contributed by atoms with van der Waals surface area (Å²) in [6.45, 7) is 0. The van der Waals surface area contributed by atoms with E-state index in [1.165, 1.54) is 59.5 Å². The normalized spacial score (nSPS) is 13.7. The third-order valence-electron chi connectivity index (χ3n) is 6.86. The fourth-order valence-corrected chi connectivity index (χ4v) is 4.91. The molecule has 1 unspecified atom stereocenters. The largest absolute Gasteiger partial charge is 0.425 e. The van der Waals surface area contributed by atoms with Gasteiger partial charge in [0, 0.05) is 47.5 Å². The Kier molecular flexibility index (Phi) is 5.36. The molecule has 3 aromatic carbocycles. The van der Waals surface area contributed by atoms with Gasteiger partial charge in [-0.25, -0.2) is 9.07 Å². The summed E-state index contributed by atoms with van der Waals surface area (Å²) in [5.41, 5.74) is -0.573. The summed E-state index contributed by atoms with van der Waals surface area (Å²) in [6, 6.07) is 18.4. The lowest BCUT2D eigenvalue weighted by molar-refractivity contribution is -0.247. The van der Waals surface area contributed by atoms with Crippen molar-refractivity contribution < 1.29 is 22.7 Å². The molecule has 1 N–H and O–H groups in total. The van der Waals surface area contributed by atoms with Gasteiger partial charge in [0.05, 0.1) is 17.4 Å². The van der Waals surface area contributed by atoms with Gasteiger partial charge in [-0.3, -0.25) is 4.98 Å². The molecule has 0 radical (unpaired) electrons. The quantitative estimate of drug-likeness (QED) is 0.272. The first kappa shape index (κ1) is 23.9. The first-order valence-corrected chi connectivity index (χ1v) is 11.7. The first-order valence-electron chi connectivity index (χ1n) is 11.7. The molecule has 190 valence electrons. The Labute approximate surface area is 214 Å². The van der Waals surface area contributed by atoms with E-state index in [0.29, 0.717) is 22.1 Å². The molecule has 3 aromatic heterocycles. The van der Waals surface area contributed by atoms with Gasteiger partial charge in [-0.2, -0.15) is 18.3 Å². The first-order chi connectivity index (χ1) is 18.2. The van der Waals surface area contributed by atoms with Crippen molar-refractivity contribution in [1.82, 2.24) is 19.3 Å². The second-order valence-electron chi connectivity index (χ2n) is 9.14. The van der Waals surface area contributed by atoms with Crippen LogP contribution in [-0.4, -0.2) is 30.6 Å².